The fraction of sp³-hybridized carbons (Fsp3) is 0.217. The molecule has 1 unspecified atom stereocenters. The van der Waals surface area contributed by atoms with E-state index in [1.165, 1.54) is 29.2 Å². The zero-order valence-corrected chi connectivity index (χ0v) is 18.5. The van der Waals surface area contributed by atoms with E-state index in [0.29, 0.717) is 28.9 Å². The standard InChI is InChI=1S/C23H21FN4O4S/c1-14(29)26-11-18-13-28(23(31)32-18)17-6-7-19(20(24)10-17)15-2-4-16(5-3-15)22(30)27-12-21-25-8-9-33-21/h2-10,18H,11-13H2,1H3,(H,26,29)(H,27,30). The van der Waals surface area contributed by atoms with Gasteiger partial charge in [0, 0.05) is 29.6 Å². The molecule has 0 spiro atoms. The first kappa shape index (κ1) is 22.4. The summed E-state index contributed by atoms with van der Waals surface area (Å²) >= 11 is 1.46. The van der Waals surface area contributed by atoms with E-state index in [1.807, 2.05) is 5.38 Å². The van der Waals surface area contributed by atoms with Gasteiger partial charge in [-0.15, -0.1) is 11.3 Å². The van der Waals surface area contributed by atoms with Crippen molar-refractivity contribution in [2.24, 2.45) is 0 Å². The normalized spacial score (nSPS) is 15.3. The molecule has 3 amide bonds. The zero-order chi connectivity index (χ0) is 23.4. The number of nitrogens with zero attached hydrogens (tertiary/aromatic N) is 2. The third-order valence-electron chi connectivity index (χ3n) is 5.06. The Morgan fingerprint density at radius 1 is 1.21 bits per heavy atom. The summed E-state index contributed by atoms with van der Waals surface area (Å²) in [6.45, 7) is 2.13. The average molecular weight is 469 g/mol. The van der Waals surface area contributed by atoms with Crippen molar-refractivity contribution < 1.29 is 23.5 Å². The Bertz CT molecular complexity index is 1170. The van der Waals surface area contributed by atoms with Crippen LogP contribution in [-0.2, 0) is 16.1 Å². The summed E-state index contributed by atoms with van der Waals surface area (Å²) in [4.78, 5) is 41.0. The maximum absolute atomic E-state index is 14.9. The molecule has 33 heavy (non-hydrogen) atoms. The smallest absolute Gasteiger partial charge is 0.414 e. The fourth-order valence-electron chi connectivity index (χ4n) is 3.40. The molecule has 10 heteroatoms. The van der Waals surface area contributed by atoms with Gasteiger partial charge in [-0.3, -0.25) is 14.5 Å². The second-order valence-corrected chi connectivity index (χ2v) is 8.38. The Labute approximate surface area is 193 Å². The summed E-state index contributed by atoms with van der Waals surface area (Å²) in [5, 5.41) is 8.05. The lowest BCUT2D eigenvalue weighted by Crippen LogP contribution is -2.33. The van der Waals surface area contributed by atoms with Crippen molar-refractivity contribution in [2.75, 3.05) is 18.0 Å². The SMILES string of the molecule is CC(=O)NCC1CN(c2ccc(-c3ccc(C(=O)NCc4nccs4)cc3)c(F)c2)C(=O)O1. The van der Waals surface area contributed by atoms with E-state index in [2.05, 4.69) is 15.6 Å². The van der Waals surface area contributed by atoms with Crippen molar-refractivity contribution >= 4 is 34.9 Å². The number of halogens is 1. The van der Waals surface area contributed by atoms with Crippen LogP contribution in [0.15, 0.2) is 54.0 Å². The summed E-state index contributed by atoms with van der Waals surface area (Å²) in [5.74, 6) is -0.969. The Morgan fingerprint density at radius 3 is 2.67 bits per heavy atom. The Balaban J connectivity index is 1.42. The third-order valence-corrected chi connectivity index (χ3v) is 5.84. The molecule has 0 bridgehead atoms. The van der Waals surface area contributed by atoms with Crippen LogP contribution in [0.25, 0.3) is 11.1 Å². The first-order chi connectivity index (χ1) is 15.9. The highest BCUT2D eigenvalue weighted by Crippen LogP contribution is 2.29. The van der Waals surface area contributed by atoms with Crippen molar-refractivity contribution in [2.45, 2.75) is 19.6 Å². The van der Waals surface area contributed by atoms with E-state index >= 15 is 0 Å². The minimum Gasteiger partial charge on any atom is -0.442 e. The molecule has 8 nitrogen and oxygen atoms in total. The molecular formula is C23H21FN4O4S. The molecule has 1 fully saturated rings. The first-order valence-electron chi connectivity index (χ1n) is 10.2. The number of hydrogen-bond donors (Lipinski definition) is 2. The number of carbonyl (C=O) groups is 3. The minimum atomic E-state index is -0.592. The number of nitrogens with one attached hydrogen (secondary N) is 2. The maximum atomic E-state index is 14.9. The number of amides is 3. The van der Waals surface area contributed by atoms with Crippen molar-refractivity contribution in [1.82, 2.24) is 15.6 Å². The molecule has 1 aliphatic rings. The van der Waals surface area contributed by atoms with Gasteiger partial charge in [-0.1, -0.05) is 12.1 Å². The molecule has 2 aromatic carbocycles. The third kappa shape index (κ3) is 5.35. The predicted octanol–water partition coefficient (Wildman–Crippen LogP) is 3.34. The highest BCUT2D eigenvalue weighted by molar-refractivity contribution is 7.09. The molecule has 0 radical (unpaired) electrons. The van der Waals surface area contributed by atoms with Crippen molar-refractivity contribution in [3.05, 3.63) is 70.4 Å². The van der Waals surface area contributed by atoms with Gasteiger partial charge in [0.1, 0.15) is 16.9 Å². The summed E-state index contributed by atoms with van der Waals surface area (Å²) < 4.78 is 20.1. The summed E-state index contributed by atoms with van der Waals surface area (Å²) in [6, 6.07) is 11.1. The van der Waals surface area contributed by atoms with Gasteiger partial charge in [0.05, 0.1) is 25.3 Å². The molecule has 170 valence electrons. The molecule has 1 aromatic heterocycles. The van der Waals surface area contributed by atoms with Gasteiger partial charge in [-0.05, 0) is 35.9 Å². The van der Waals surface area contributed by atoms with E-state index in [-0.39, 0.29) is 24.9 Å². The van der Waals surface area contributed by atoms with Gasteiger partial charge >= 0.3 is 6.09 Å². The van der Waals surface area contributed by atoms with E-state index in [4.69, 9.17) is 4.74 Å². The highest BCUT2D eigenvalue weighted by Gasteiger charge is 2.32. The molecule has 0 saturated carbocycles. The lowest BCUT2D eigenvalue weighted by atomic mass is 10.0. The van der Waals surface area contributed by atoms with E-state index < -0.39 is 18.0 Å². The van der Waals surface area contributed by atoms with Gasteiger partial charge in [-0.25, -0.2) is 14.2 Å². The highest BCUT2D eigenvalue weighted by atomic mass is 32.1. The number of rotatable bonds is 7. The van der Waals surface area contributed by atoms with Crippen LogP contribution in [0.5, 0.6) is 0 Å². The quantitative estimate of drug-likeness (QED) is 0.554. The average Bonchev–Trinajstić information content (AvgIpc) is 3.45. The fourth-order valence-corrected chi connectivity index (χ4v) is 3.96. The van der Waals surface area contributed by atoms with Crippen LogP contribution in [0.2, 0.25) is 0 Å². The number of ether oxygens (including phenoxy) is 1. The number of aromatic nitrogens is 1. The summed E-state index contributed by atoms with van der Waals surface area (Å²) in [6.07, 6.45) is 0.585. The second kappa shape index (κ2) is 9.78. The maximum Gasteiger partial charge on any atom is 0.414 e. The van der Waals surface area contributed by atoms with Crippen LogP contribution >= 0.6 is 11.3 Å². The molecule has 1 aliphatic heterocycles. The molecular weight excluding hydrogens is 447 g/mol. The Kier molecular flexibility index (Phi) is 6.64. The lowest BCUT2D eigenvalue weighted by molar-refractivity contribution is -0.119. The second-order valence-electron chi connectivity index (χ2n) is 7.40. The number of carbonyl (C=O) groups excluding carboxylic acids is 3. The van der Waals surface area contributed by atoms with Crippen LogP contribution < -0.4 is 15.5 Å². The molecule has 4 rings (SSSR count). The van der Waals surface area contributed by atoms with Gasteiger partial charge in [0.15, 0.2) is 0 Å². The van der Waals surface area contributed by atoms with Gasteiger partial charge < -0.3 is 15.4 Å². The zero-order valence-electron chi connectivity index (χ0n) is 17.7. The van der Waals surface area contributed by atoms with Crippen molar-refractivity contribution in [3.8, 4) is 11.1 Å². The molecule has 0 aliphatic carbocycles. The predicted molar refractivity (Wildman–Crippen MR) is 121 cm³/mol. The van der Waals surface area contributed by atoms with Crippen molar-refractivity contribution in [1.29, 1.82) is 0 Å². The number of benzene rings is 2. The minimum absolute atomic E-state index is 0.196. The number of anilines is 1. The molecule has 1 saturated heterocycles. The number of hydrogen-bond acceptors (Lipinski definition) is 6. The lowest BCUT2D eigenvalue weighted by Gasteiger charge is -2.14. The first-order valence-corrected chi connectivity index (χ1v) is 11.1. The van der Waals surface area contributed by atoms with Crippen LogP contribution in [-0.4, -0.2) is 42.1 Å². The summed E-state index contributed by atoms with van der Waals surface area (Å²) in [7, 11) is 0. The molecule has 1 atom stereocenters. The molecule has 2 N–H and O–H groups in total. The number of thiazole rings is 1. The van der Waals surface area contributed by atoms with Crippen LogP contribution in [0, 0.1) is 5.82 Å². The van der Waals surface area contributed by atoms with Gasteiger partial charge in [-0.2, -0.15) is 0 Å². The molecule has 2 heterocycles. The van der Waals surface area contributed by atoms with Gasteiger partial charge in [0.2, 0.25) is 5.91 Å². The van der Waals surface area contributed by atoms with Crippen molar-refractivity contribution in [3.63, 3.8) is 0 Å². The largest absolute Gasteiger partial charge is 0.442 e. The van der Waals surface area contributed by atoms with Crippen LogP contribution in [0.1, 0.15) is 22.3 Å². The van der Waals surface area contributed by atoms with E-state index in [1.54, 1.807) is 42.6 Å². The topological polar surface area (TPSA) is 101 Å². The van der Waals surface area contributed by atoms with Crippen LogP contribution in [0.3, 0.4) is 0 Å². The molecule has 3 aromatic rings. The van der Waals surface area contributed by atoms with E-state index in [0.717, 1.165) is 5.01 Å². The van der Waals surface area contributed by atoms with Crippen LogP contribution in [0.4, 0.5) is 14.9 Å². The monoisotopic (exact) mass is 468 g/mol. The van der Waals surface area contributed by atoms with Gasteiger partial charge in [0.25, 0.3) is 5.91 Å². The Morgan fingerprint density at radius 2 is 2.00 bits per heavy atom. The number of cyclic esters (lactones) is 1. The Hall–Kier alpha value is -3.79. The van der Waals surface area contributed by atoms with E-state index in [9.17, 15) is 18.8 Å². The summed E-state index contributed by atoms with van der Waals surface area (Å²) in [5.41, 5.74) is 1.76.